The molecule has 0 spiro atoms. The second-order valence-corrected chi connectivity index (χ2v) is 6.31. The van der Waals surface area contributed by atoms with E-state index in [2.05, 4.69) is 9.72 Å². The van der Waals surface area contributed by atoms with Gasteiger partial charge in [0, 0.05) is 19.2 Å². The molecule has 1 aromatic carbocycles. The summed E-state index contributed by atoms with van der Waals surface area (Å²) in [5, 5.41) is 9.01. The standard InChI is InChI=1S/C19H19F3N2O5/c20-19(21,22)29-16-2-1-8-23-18(16)28-15-7-9-24(10-15)17(26)12-27-14-5-3-13(11-25)4-6-14/h1-6,8,15,25H,7,9-12H2. The molecule has 10 heteroatoms. The van der Waals surface area contributed by atoms with E-state index in [1.165, 1.54) is 17.2 Å². The van der Waals surface area contributed by atoms with Gasteiger partial charge in [-0.05, 0) is 29.8 Å². The van der Waals surface area contributed by atoms with Crippen molar-refractivity contribution in [2.24, 2.45) is 0 Å². The number of carbonyl (C=O) groups excluding carboxylic acids is 1. The summed E-state index contributed by atoms with van der Waals surface area (Å²) in [6.45, 7) is 0.323. The number of aromatic nitrogens is 1. The van der Waals surface area contributed by atoms with E-state index in [-0.39, 0.29) is 31.5 Å². The van der Waals surface area contributed by atoms with E-state index in [9.17, 15) is 18.0 Å². The van der Waals surface area contributed by atoms with Crippen molar-refractivity contribution < 1.29 is 37.3 Å². The fourth-order valence-corrected chi connectivity index (χ4v) is 2.80. The second kappa shape index (κ2) is 8.99. The lowest BCUT2D eigenvalue weighted by molar-refractivity contribution is -0.275. The lowest BCUT2D eigenvalue weighted by Gasteiger charge is -2.18. The van der Waals surface area contributed by atoms with Crippen LogP contribution in [0.15, 0.2) is 42.6 Å². The lowest BCUT2D eigenvalue weighted by atomic mass is 10.2. The minimum atomic E-state index is -4.86. The fourth-order valence-electron chi connectivity index (χ4n) is 2.80. The van der Waals surface area contributed by atoms with E-state index in [0.29, 0.717) is 18.7 Å². The molecule has 2 heterocycles. The molecule has 0 saturated carbocycles. The Balaban J connectivity index is 1.51. The van der Waals surface area contributed by atoms with Crippen LogP contribution in [0.25, 0.3) is 0 Å². The molecule has 1 amide bonds. The maximum atomic E-state index is 12.5. The monoisotopic (exact) mass is 412 g/mol. The van der Waals surface area contributed by atoms with E-state index >= 15 is 0 Å². The van der Waals surface area contributed by atoms with Crippen molar-refractivity contribution in [3.8, 4) is 17.4 Å². The van der Waals surface area contributed by atoms with Gasteiger partial charge in [0.15, 0.2) is 12.4 Å². The number of likely N-dealkylation sites (tertiary alicyclic amines) is 1. The summed E-state index contributed by atoms with van der Waals surface area (Å²) >= 11 is 0. The van der Waals surface area contributed by atoms with Crippen molar-refractivity contribution in [2.75, 3.05) is 19.7 Å². The Morgan fingerprint density at radius 2 is 2.00 bits per heavy atom. The van der Waals surface area contributed by atoms with Gasteiger partial charge in [-0.1, -0.05) is 12.1 Å². The molecule has 0 bridgehead atoms. The summed E-state index contributed by atoms with van der Waals surface area (Å²) in [4.78, 5) is 17.6. The number of aliphatic hydroxyl groups excluding tert-OH is 1. The highest BCUT2D eigenvalue weighted by Gasteiger charge is 2.34. The van der Waals surface area contributed by atoms with Gasteiger partial charge in [-0.15, -0.1) is 13.2 Å². The van der Waals surface area contributed by atoms with E-state index in [0.717, 1.165) is 11.6 Å². The van der Waals surface area contributed by atoms with Crippen LogP contribution in [-0.4, -0.2) is 53.1 Å². The number of aliphatic hydroxyl groups is 1. The molecule has 1 aliphatic heterocycles. The predicted octanol–water partition coefficient (Wildman–Crippen LogP) is 2.53. The second-order valence-electron chi connectivity index (χ2n) is 6.31. The summed E-state index contributed by atoms with van der Waals surface area (Å²) in [6, 6.07) is 9.10. The molecule has 3 rings (SSSR count). The van der Waals surface area contributed by atoms with Gasteiger partial charge in [0.2, 0.25) is 0 Å². The number of benzene rings is 1. The Morgan fingerprint density at radius 1 is 1.24 bits per heavy atom. The van der Waals surface area contributed by atoms with Gasteiger partial charge in [0.1, 0.15) is 11.9 Å². The van der Waals surface area contributed by atoms with E-state index in [1.54, 1.807) is 24.3 Å². The summed E-state index contributed by atoms with van der Waals surface area (Å²) in [5.74, 6) is -0.580. The molecule has 1 aliphatic rings. The van der Waals surface area contributed by atoms with E-state index in [1.807, 2.05) is 0 Å². The number of carbonyl (C=O) groups is 1. The Hall–Kier alpha value is -3.01. The smallest absolute Gasteiger partial charge is 0.484 e. The SMILES string of the molecule is O=C(COc1ccc(CO)cc1)N1CCC(Oc2ncccc2OC(F)(F)F)C1. The topological polar surface area (TPSA) is 81.1 Å². The largest absolute Gasteiger partial charge is 0.573 e. The summed E-state index contributed by atoms with van der Waals surface area (Å²) < 4.78 is 52.3. The number of halogens is 3. The maximum absolute atomic E-state index is 12.5. The Kier molecular flexibility index (Phi) is 6.42. The van der Waals surface area contributed by atoms with Crippen molar-refractivity contribution in [1.29, 1.82) is 0 Å². The zero-order chi connectivity index (χ0) is 20.9. The number of pyridine rings is 1. The number of ether oxygens (including phenoxy) is 3. The van der Waals surface area contributed by atoms with Gasteiger partial charge >= 0.3 is 6.36 Å². The third-order valence-corrected chi connectivity index (χ3v) is 4.21. The fraction of sp³-hybridized carbons (Fsp3) is 0.368. The quantitative estimate of drug-likeness (QED) is 0.753. The predicted molar refractivity (Wildman–Crippen MR) is 94.4 cm³/mol. The summed E-state index contributed by atoms with van der Waals surface area (Å²) in [7, 11) is 0. The van der Waals surface area contributed by atoms with Crippen LogP contribution in [0.4, 0.5) is 13.2 Å². The number of nitrogens with zero attached hydrogens (tertiary/aromatic N) is 2. The van der Waals surface area contributed by atoms with Gasteiger partial charge in [-0.2, -0.15) is 0 Å². The van der Waals surface area contributed by atoms with Crippen LogP contribution in [0.5, 0.6) is 17.4 Å². The Labute approximate surface area is 164 Å². The van der Waals surface area contributed by atoms with Gasteiger partial charge in [0.05, 0.1) is 13.2 Å². The van der Waals surface area contributed by atoms with Gasteiger partial charge in [0.25, 0.3) is 11.8 Å². The zero-order valence-electron chi connectivity index (χ0n) is 15.3. The van der Waals surface area contributed by atoms with Crippen molar-refractivity contribution >= 4 is 5.91 Å². The highest BCUT2D eigenvalue weighted by molar-refractivity contribution is 5.78. The lowest BCUT2D eigenvalue weighted by Crippen LogP contribution is -2.34. The van der Waals surface area contributed by atoms with Gasteiger partial charge < -0.3 is 24.2 Å². The van der Waals surface area contributed by atoms with Gasteiger partial charge in [-0.3, -0.25) is 4.79 Å². The Bertz CT molecular complexity index is 829. The first-order valence-electron chi connectivity index (χ1n) is 8.82. The Morgan fingerprint density at radius 3 is 2.69 bits per heavy atom. The molecule has 2 aromatic rings. The first kappa shape index (κ1) is 20.7. The van der Waals surface area contributed by atoms with Gasteiger partial charge in [-0.25, -0.2) is 4.98 Å². The first-order chi connectivity index (χ1) is 13.8. The molecule has 1 atom stereocenters. The van der Waals surface area contributed by atoms with Crippen LogP contribution in [-0.2, 0) is 11.4 Å². The number of rotatable bonds is 7. The number of amides is 1. The molecule has 0 aliphatic carbocycles. The molecule has 29 heavy (non-hydrogen) atoms. The van der Waals surface area contributed by atoms with Crippen LogP contribution in [0.1, 0.15) is 12.0 Å². The number of hydrogen-bond acceptors (Lipinski definition) is 6. The van der Waals surface area contributed by atoms with Crippen molar-refractivity contribution in [3.63, 3.8) is 0 Å². The molecular weight excluding hydrogens is 393 g/mol. The minimum Gasteiger partial charge on any atom is -0.484 e. The average molecular weight is 412 g/mol. The summed E-state index contributed by atoms with van der Waals surface area (Å²) in [6.07, 6.45) is -3.62. The molecule has 1 unspecified atom stereocenters. The third kappa shape index (κ3) is 5.98. The van der Waals surface area contributed by atoms with Crippen LogP contribution >= 0.6 is 0 Å². The van der Waals surface area contributed by atoms with Crippen LogP contribution in [0, 0.1) is 0 Å². The van der Waals surface area contributed by atoms with Crippen molar-refractivity contribution in [3.05, 3.63) is 48.2 Å². The highest BCUT2D eigenvalue weighted by Crippen LogP contribution is 2.31. The van der Waals surface area contributed by atoms with Crippen LogP contribution < -0.4 is 14.2 Å². The molecular formula is C19H19F3N2O5. The van der Waals surface area contributed by atoms with Crippen LogP contribution in [0.3, 0.4) is 0 Å². The molecule has 7 nitrogen and oxygen atoms in total. The van der Waals surface area contributed by atoms with Crippen molar-refractivity contribution in [2.45, 2.75) is 25.5 Å². The molecule has 0 radical (unpaired) electrons. The first-order valence-corrected chi connectivity index (χ1v) is 8.82. The third-order valence-electron chi connectivity index (χ3n) is 4.21. The zero-order valence-corrected chi connectivity index (χ0v) is 15.3. The molecule has 1 aromatic heterocycles. The van der Waals surface area contributed by atoms with E-state index < -0.39 is 18.2 Å². The molecule has 156 valence electrons. The minimum absolute atomic E-state index is 0.0830. The molecule has 1 N–H and O–H groups in total. The van der Waals surface area contributed by atoms with E-state index in [4.69, 9.17) is 14.6 Å². The number of hydrogen-bond donors (Lipinski definition) is 1. The summed E-state index contributed by atoms with van der Waals surface area (Å²) in [5.41, 5.74) is 0.728. The average Bonchev–Trinajstić information content (AvgIpc) is 3.15. The highest BCUT2D eigenvalue weighted by atomic mass is 19.4. The normalized spacial score (nSPS) is 16.6. The number of alkyl halides is 3. The maximum Gasteiger partial charge on any atom is 0.573 e. The van der Waals surface area contributed by atoms with Crippen molar-refractivity contribution in [1.82, 2.24) is 9.88 Å². The molecule has 1 saturated heterocycles. The van der Waals surface area contributed by atoms with Crippen LogP contribution in [0.2, 0.25) is 0 Å². The molecule has 1 fully saturated rings.